The van der Waals surface area contributed by atoms with E-state index in [-0.39, 0.29) is 11.1 Å². The zero-order valence-electron chi connectivity index (χ0n) is 18.1. The molecular weight excluding hydrogens is 428 g/mol. The predicted octanol–water partition coefficient (Wildman–Crippen LogP) is 4.53. The minimum absolute atomic E-state index is 0.274. The van der Waals surface area contributed by atoms with Crippen molar-refractivity contribution < 1.29 is 14.3 Å². The Morgan fingerprint density at radius 1 is 1.12 bits per heavy atom. The number of anilines is 2. The van der Waals surface area contributed by atoms with E-state index in [1.54, 1.807) is 23.7 Å². The number of nitrogens with one attached hydrogen (secondary N) is 1. The van der Waals surface area contributed by atoms with Crippen LogP contribution in [0.4, 0.5) is 11.4 Å². The number of carbonyl (C=O) groups excluding carboxylic acids is 2. The van der Waals surface area contributed by atoms with E-state index in [0.717, 1.165) is 37.2 Å². The summed E-state index contributed by atoms with van der Waals surface area (Å²) in [7, 11) is 1.33. The number of ether oxygens (including phenoxy) is 1. The zero-order valence-corrected chi connectivity index (χ0v) is 18.9. The molecule has 2 aromatic carbocycles. The van der Waals surface area contributed by atoms with Crippen molar-refractivity contribution in [1.82, 2.24) is 9.78 Å². The van der Waals surface area contributed by atoms with E-state index >= 15 is 0 Å². The molecule has 1 aliphatic rings. The molecule has 0 radical (unpaired) electrons. The molecule has 0 saturated carbocycles. The topological polar surface area (TPSA) is 76.5 Å². The van der Waals surface area contributed by atoms with Gasteiger partial charge in [-0.2, -0.15) is 5.10 Å². The average molecular weight is 453 g/mol. The van der Waals surface area contributed by atoms with Gasteiger partial charge in [0, 0.05) is 13.1 Å². The van der Waals surface area contributed by atoms with Gasteiger partial charge in [-0.05, 0) is 43.5 Å². The van der Waals surface area contributed by atoms with Gasteiger partial charge < -0.3 is 15.0 Å². The van der Waals surface area contributed by atoms with Crippen LogP contribution in [0.25, 0.3) is 0 Å². The summed E-state index contributed by atoms with van der Waals surface area (Å²) in [6.07, 6.45) is 2.17. The molecule has 0 unspecified atom stereocenters. The molecule has 1 aromatic heterocycles. The molecule has 1 N–H and O–H groups in total. The molecular formula is C24H25ClN4O3. The fraction of sp³-hybridized carbons (Fsp3) is 0.292. The molecule has 0 aliphatic carbocycles. The molecule has 3 aromatic rings. The lowest BCUT2D eigenvalue weighted by molar-refractivity contribution is 0.0600. The van der Waals surface area contributed by atoms with E-state index in [1.165, 1.54) is 7.11 Å². The number of amides is 1. The summed E-state index contributed by atoms with van der Waals surface area (Å²) in [5, 5.41) is 7.70. The van der Waals surface area contributed by atoms with Crippen molar-refractivity contribution in [3.8, 4) is 0 Å². The summed E-state index contributed by atoms with van der Waals surface area (Å²) >= 11 is 6.57. The van der Waals surface area contributed by atoms with Crippen molar-refractivity contribution in [1.29, 1.82) is 0 Å². The number of nitrogens with zero attached hydrogens (tertiary/aromatic N) is 3. The van der Waals surface area contributed by atoms with Crippen molar-refractivity contribution in [2.24, 2.45) is 0 Å². The number of esters is 1. The monoisotopic (exact) mass is 452 g/mol. The number of hydrogen-bond donors (Lipinski definition) is 1. The van der Waals surface area contributed by atoms with E-state index in [1.807, 2.05) is 36.4 Å². The Labute approximate surface area is 191 Å². The first-order valence-electron chi connectivity index (χ1n) is 10.5. The van der Waals surface area contributed by atoms with Gasteiger partial charge in [-0.15, -0.1) is 0 Å². The fourth-order valence-corrected chi connectivity index (χ4v) is 4.29. The number of aromatic nitrogens is 2. The van der Waals surface area contributed by atoms with Gasteiger partial charge in [-0.1, -0.05) is 41.9 Å². The Kier molecular flexibility index (Phi) is 6.46. The summed E-state index contributed by atoms with van der Waals surface area (Å²) in [4.78, 5) is 27.5. The number of aryl methyl sites for hydroxylation is 1. The van der Waals surface area contributed by atoms with Gasteiger partial charge in [0.15, 0.2) is 0 Å². The summed E-state index contributed by atoms with van der Waals surface area (Å²) in [6, 6.07) is 15.0. The maximum atomic E-state index is 13.3. The highest BCUT2D eigenvalue weighted by Gasteiger charge is 2.24. The normalized spacial score (nSPS) is 13.3. The van der Waals surface area contributed by atoms with Crippen LogP contribution in [-0.2, 0) is 11.3 Å². The molecule has 7 nitrogen and oxygen atoms in total. The lowest BCUT2D eigenvalue weighted by atomic mass is 10.1. The molecule has 2 heterocycles. The summed E-state index contributed by atoms with van der Waals surface area (Å²) < 4.78 is 6.46. The van der Waals surface area contributed by atoms with Crippen LogP contribution in [-0.4, -0.2) is 41.9 Å². The van der Waals surface area contributed by atoms with Crippen LogP contribution in [0.15, 0.2) is 48.5 Å². The molecule has 1 fully saturated rings. The van der Waals surface area contributed by atoms with Crippen molar-refractivity contribution in [3.63, 3.8) is 0 Å². The molecule has 8 heteroatoms. The van der Waals surface area contributed by atoms with Gasteiger partial charge >= 0.3 is 5.97 Å². The molecule has 0 bridgehead atoms. The van der Waals surface area contributed by atoms with Crippen LogP contribution >= 0.6 is 11.6 Å². The minimum atomic E-state index is -0.460. The molecule has 1 aliphatic heterocycles. The second-order valence-corrected chi connectivity index (χ2v) is 8.12. The Hall–Kier alpha value is -3.32. The lowest BCUT2D eigenvalue weighted by Crippen LogP contribution is -2.22. The minimum Gasteiger partial charge on any atom is -0.465 e. The first-order valence-corrected chi connectivity index (χ1v) is 10.9. The third-order valence-electron chi connectivity index (χ3n) is 5.58. The van der Waals surface area contributed by atoms with Gasteiger partial charge in [-0.25, -0.2) is 9.48 Å². The van der Waals surface area contributed by atoms with Crippen LogP contribution < -0.4 is 10.2 Å². The van der Waals surface area contributed by atoms with E-state index < -0.39 is 5.97 Å². The molecule has 166 valence electrons. The van der Waals surface area contributed by atoms with Crippen molar-refractivity contribution in [2.45, 2.75) is 26.3 Å². The van der Waals surface area contributed by atoms with Crippen molar-refractivity contribution >= 4 is 34.9 Å². The smallest absolute Gasteiger partial charge is 0.337 e. The molecule has 32 heavy (non-hydrogen) atoms. The molecule has 0 spiro atoms. The van der Waals surface area contributed by atoms with E-state index in [0.29, 0.717) is 29.1 Å². The SMILES string of the molecule is COC(=O)c1ccc(N2CCCC2)c(NC(=O)c2c(C)nn(Cc3ccccc3)c2Cl)c1. The number of hydrogen-bond acceptors (Lipinski definition) is 5. The van der Waals surface area contributed by atoms with Gasteiger partial charge in [0.1, 0.15) is 5.15 Å². The van der Waals surface area contributed by atoms with Crippen LogP contribution in [0.5, 0.6) is 0 Å². The first kappa shape index (κ1) is 21.9. The molecule has 0 atom stereocenters. The molecule has 1 amide bonds. The first-order chi connectivity index (χ1) is 15.5. The third kappa shape index (κ3) is 4.48. The zero-order chi connectivity index (χ0) is 22.7. The van der Waals surface area contributed by atoms with Gasteiger partial charge in [-0.3, -0.25) is 4.79 Å². The Morgan fingerprint density at radius 2 is 1.84 bits per heavy atom. The van der Waals surface area contributed by atoms with E-state index in [4.69, 9.17) is 16.3 Å². The van der Waals surface area contributed by atoms with Crippen LogP contribution in [0.1, 0.15) is 44.8 Å². The summed E-state index contributed by atoms with van der Waals surface area (Å²) in [5.41, 5.74) is 3.67. The standard InChI is InChI=1S/C24H25ClN4O3/c1-16-21(22(25)29(27-16)15-17-8-4-3-5-9-17)23(30)26-19-14-18(24(31)32-2)10-11-20(19)28-12-6-7-13-28/h3-5,8-11,14H,6-7,12-13,15H2,1-2H3,(H,26,30). The number of carbonyl (C=O) groups is 2. The predicted molar refractivity (Wildman–Crippen MR) is 125 cm³/mol. The highest BCUT2D eigenvalue weighted by molar-refractivity contribution is 6.33. The quantitative estimate of drug-likeness (QED) is 0.556. The Morgan fingerprint density at radius 3 is 2.53 bits per heavy atom. The van der Waals surface area contributed by atoms with E-state index in [2.05, 4.69) is 15.3 Å². The number of halogens is 1. The number of benzene rings is 2. The largest absolute Gasteiger partial charge is 0.465 e. The summed E-state index contributed by atoms with van der Waals surface area (Å²) in [5.74, 6) is -0.826. The van der Waals surface area contributed by atoms with Gasteiger partial charge in [0.25, 0.3) is 5.91 Å². The third-order valence-corrected chi connectivity index (χ3v) is 5.96. The number of methoxy groups -OCH3 is 1. The van der Waals surface area contributed by atoms with Gasteiger partial charge in [0.2, 0.25) is 0 Å². The van der Waals surface area contributed by atoms with Crippen LogP contribution in [0.3, 0.4) is 0 Å². The van der Waals surface area contributed by atoms with Crippen LogP contribution in [0.2, 0.25) is 5.15 Å². The van der Waals surface area contributed by atoms with Crippen LogP contribution in [0, 0.1) is 6.92 Å². The van der Waals surface area contributed by atoms with Crippen molar-refractivity contribution in [2.75, 3.05) is 30.4 Å². The van der Waals surface area contributed by atoms with Crippen molar-refractivity contribution in [3.05, 3.63) is 76.1 Å². The highest BCUT2D eigenvalue weighted by atomic mass is 35.5. The maximum Gasteiger partial charge on any atom is 0.337 e. The second kappa shape index (κ2) is 9.44. The fourth-order valence-electron chi connectivity index (χ4n) is 3.97. The Balaban J connectivity index is 1.64. The van der Waals surface area contributed by atoms with Gasteiger partial charge in [0.05, 0.1) is 41.9 Å². The summed E-state index contributed by atoms with van der Waals surface area (Å²) in [6.45, 7) is 4.02. The molecule has 4 rings (SSSR count). The highest BCUT2D eigenvalue weighted by Crippen LogP contribution is 2.32. The number of rotatable bonds is 6. The van der Waals surface area contributed by atoms with E-state index in [9.17, 15) is 9.59 Å². The second-order valence-electron chi connectivity index (χ2n) is 7.77. The lowest BCUT2D eigenvalue weighted by Gasteiger charge is -2.22. The maximum absolute atomic E-state index is 13.3. The Bertz CT molecular complexity index is 1140. The average Bonchev–Trinajstić information content (AvgIpc) is 3.42. The molecule has 1 saturated heterocycles.